The van der Waals surface area contributed by atoms with Crippen LogP contribution >= 0.6 is 11.8 Å². The molecule has 0 atom stereocenters. The lowest BCUT2D eigenvalue weighted by Gasteiger charge is -2.23. The van der Waals surface area contributed by atoms with Crippen LogP contribution in [0.2, 0.25) is 0 Å². The quantitative estimate of drug-likeness (QED) is 0.859. The van der Waals surface area contributed by atoms with Crippen LogP contribution in [0, 0.1) is 0 Å². The molecule has 0 unspecified atom stereocenters. The van der Waals surface area contributed by atoms with Crippen LogP contribution in [-0.2, 0) is 9.53 Å². The number of allylic oxidation sites excluding steroid dienone is 1. The Bertz CT molecular complexity index is 681. The van der Waals surface area contributed by atoms with Crippen molar-refractivity contribution >= 4 is 29.3 Å². The Kier molecular flexibility index (Phi) is 6.02. The summed E-state index contributed by atoms with van der Waals surface area (Å²) in [6.07, 6.45) is 5.62. The molecule has 2 aliphatic rings. The standard InChI is InChI=1S/C19H24N2O3S/c1-13-17(25-12-11-24-13)19(23)21-16-10-6-5-9-15(16)18(22)20-14-7-3-2-4-8-14/h5-6,9-10,14H,2-4,7-8,11-12H2,1H3,(H,20,22)(H,21,23). The van der Waals surface area contributed by atoms with E-state index in [4.69, 9.17) is 4.74 Å². The molecule has 1 aromatic carbocycles. The average Bonchev–Trinajstić information content (AvgIpc) is 2.63. The maximum Gasteiger partial charge on any atom is 0.265 e. The molecular weight excluding hydrogens is 336 g/mol. The first kappa shape index (κ1) is 17.9. The Morgan fingerprint density at radius 1 is 1.12 bits per heavy atom. The number of thioether (sulfide) groups is 1. The number of anilines is 1. The van der Waals surface area contributed by atoms with Crippen molar-refractivity contribution < 1.29 is 14.3 Å². The minimum atomic E-state index is -0.222. The van der Waals surface area contributed by atoms with Crippen LogP contribution in [0.1, 0.15) is 49.4 Å². The molecule has 1 aliphatic carbocycles. The lowest BCUT2D eigenvalue weighted by atomic mass is 9.95. The zero-order valence-corrected chi connectivity index (χ0v) is 15.3. The molecule has 0 spiro atoms. The maximum absolute atomic E-state index is 12.7. The number of hydrogen-bond donors (Lipinski definition) is 2. The summed E-state index contributed by atoms with van der Waals surface area (Å²) in [5.74, 6) is 1.04. The minimum Gasteiger partial charge on any atom is -0.496 e. The maximum atomic E-state index is 12.7. The van der Waals surface area contributed by atoms with Gasteiger partial charge < -0.3 is 15.4 Å². The molecule has 5 nitrogen and oxygen atoms in total. The monoisotopic (exact) mass is 360 g/mol. The van der Waals surface area contributed by atoms with Gasteiger partial charge in [-0.25, -0.2) is 0 Å². The van der Waals surface area contributed by atoms with E-state index in [2.05, 4.69) is 10.6 Å². The Labute approximate surface area is 152 Å². The summed E-state index contributed by atoms with van der Waals surface area (Å²) in [4.78, 5) is 25.8. The number of carbonyl (C=O) groups excluding carboxylic acids is 2. The van der Waals surface area contributed by atoms with Crippen LogP contribution in [0.5, 0.6) is 0 Å². The normalized spacial score (nSPS) is 18.4. The molecule has 1 aliphatic heterocycles. The number of nitrogens with one attached hydrogen (secondary N) is 2. The van der Waals surface area contributed by atoms with Gasteiger partial charge in [-0.1, -0.05) is 31.4 Å². The number of para-hydroxylation sites is 1. The molecule has 0 aromatic heterocycles. The van der Waals surface area contributed by atoms with E-state index in [1.54, 1.807) is 19.1 Å². The van der Waals surface area contributed by atoms with Gasteiger partial charge in [0.15, 0.2) is 0 Å². The Morgan fingerprint density at radius 2 is 1.88 bits per heavy atom. The van der Waals surface area contributed by atoms with Crippen LogP contribution in [0.3, 0.4) is 0 Å². The SMILES string of the molecule is CC1=C(C(=O)Nc2ccccc2C(=O)NC2CCCCC2)SCCO1. The summed E-state index contributed by atoms with van der Waals surface area (Å²) in [6, 6.07) is 7.38. The highest BCUT2D eigenvalue weighted by molar-refractivity contribution is 8.04. The highest BCUT2D eigenvalue weighted by Gasteiger charge is 2.22. The average molecular weight is 360 g/mol. The van der Waals surface area contributed by atoms with Crippen LogP contribution in [0.4, 0.5) is 5.69 Å². The van der Waals surface area contributed by atoms with E-state index in [1.807, 2.05) is 12.1 Å². The van der Waals surface area contributed by atoms with E-state index in [-0.39, 0.29) is 17.9 Å². The second-order valence-electron chi connectivity index (χ2n) is 6.39. The molecule has 25 heavy (non-hydrogen) atoms. The van der Waals surface area contributed by atoms with Gasteiger partial charge in [0.1, 0.15) is 10.7 Å². The second kappa shape index (κ2) is 8.43. The van der Waals surface area contributed by atoms with Gasteiger partial charge in [0.2, 0.25) is 0 Å². The zero-order chi connectivity index (χ0) is 17.6. The number of rotatable bonds is 4. The van der Waals surface area contributed by atoms with Crippen molar-refractivity contribution in [3.8, 4) is 0 Å². The smallest absolute Gasteiger partial charge is 0.265 e. The van der Waals surface area contributed by atoms with Crippen molar-refractivity contribution in [1.82, 2.24) is 5.32 Å². The van der Waals surface area contributed by atoms with Gasteiger partial charge in [0.05, 0.1) is 17.9 Å². The molecule has 1 saturated carbocycles. The number of hydrogen-bond acceptors (Lipinski definition) is 4. The third-order valence-electron chi connectivity index (χ3n) is 4.53. The fourth-order valence-electron chi connectivity index (χ4n) is 3.21. The number of benzene rings is 1. The molecule has 134 valence electrons. The predicted octanol–water partition coefficient (Wildman–Crippen LogP) is 3.68. The molecule has 0 radical (unpaired) electrons. The summed E-state index contributed by atoms with van der Waals surface area (Å²) in [5.41, 5.74) is 1.04. The molecule has 0 saturated heterocycles. The van der Waals surface area contributed by atoms with Crippen LogP contribution < -0.4 is 10.6 Å². The number of amides is 2. The second-order valence-corrected chi connectivity index (χ2v) is 7.50. The van der Waals surface area contributed by atoms with E-state index in [0.29, 0.717) is 28.5 Å². The van der Waals surface area contributed by atoms with Gasteiger partial charge in [0, 0.05) is 11.8 Å². The molecule has 1 fully saturated rings. The lowest BCUT2D eigenvalue weighted by Crippen LogP contribution is -2.36. The van der Waals surface area contributed by atoms with E-state index in [9.17, 15) is 9.59 Å². The Morgan fingerprint density at radius 3 is 2.64 bits per heavy atom. The van der Waals surface area contributed by atoms with Crippen molar-refractivity contribution in [3.63, 3.8) is 0 Å². The molecule has 1 heterocycles. The van der Waals surface area contributed by atoms with E-state index in [1.165, 1.54) is 18.2 Å². The fourth-order valence-corrected chi connectivity index (χ4v) is 4.03. The van der Waals surface area contributed by atoms with E-state index in [0.717, 1.165) is 31.4 Å². The van der Waals surface area contributed by atoms with E-state index < -0.39 is 0 Å². The van der Waals surface area contributed by atoms with Crippen molar-refractivity contribution in [3.05, 3.63) is 40.5 Å². The fraction of sp³-hybridized carbons (Fsp3) is 0.474. The molecule has 0 bridgehead atoms. The topological polar surface area (TPSA) is 67.4 Å². The van der Waals surface area contributed by atoms with Gasteiger partial charge >= 0.3 is 0 Å². The molecule has 2 amide bonds. The van der Waals surface area contributed by atoms with Crippen molar-refractivity contribution in [2.45, 2.75) is 45.1 Å². The highest BCUT2D eigenvalue weighted by Crippen LogP contribution is 2.27. The van der Waals surface area contributed by atoms with E-state index >= 15 is 0 Å². The first-order valence-electron chi connectivity index (χ1n) is 8.83. The summed E-state index contributed by atoms with van der Waals surface area (Å²) in [5, 5.41) is 5.98. The predicted molar refractivity (Wildman–Crippen MR) is 101 cm³/mol. The largest absolute Gasteiger partial charge is 0.496 e. The Balaban J connectivity index is 1.72. The minimum absolute atomic E-state index is 0.124. The zero-order valence-electron chi connectivity index (χ0n) is 14.5. The molecule has 6 heteroatoms. The number of carbonyl (C=O) groups is 2. The van der Waals surface area contributed by atoms with Gasteiger partial charge in [-0.05, 0) is 31.9 Å². The third kappa shape index (κ3) is 4.57. The number of ether oxygens (including phenoxy) is 1. The van der Waals surface area contributed by atoms with Gasteiger partial charge in [-0.2, -0.15) is 0 Å². The summed E-state index contributed by atoms with van der Waals surface area (Å²) in [7, 11) is 0. The van der Waals surface area contributed by atoms with Crippen molar-refractivity contribution in [2.24, 2.45) is 0 Å². The summed E-state index contributed by atoms with van der Waals surface area (Å²) >= 11 is 1.48. The van der Waals surface area contributed by atoms with Crippen molar-refractivity contribution in [2.75, 3.05) is 17.7 Å². The molecular formula is C19H24N2O3S. The van der Waals surface area contributed by atoms with Crippen LogP contribution in [0.15, 0.2) is 34.9 Å². The third-order valence-corrected chi connectivity index (χ3v) is 5.67. The summed E-state index contributed by atoms with van der Waals surface area (Å²) < 4.78 is 5.45. The van der Waals surface area contributed by atoms with Gasteiger partial charge in [-0.15, -0.1) is 11.8 Å². The first-order valence-corrected chi connectivity index (χ1v) is 9.81. The molecule has 1 aromatic rings. The lowest BCUT2D eigenvalue weighted by molar-refractivity contribution is -0.112. The Hall–Kier alpha value is -1.95. The van der Waals surface area contributed by atoms with Crippen LogP contribution in [0.25, 0.3) is 0 Å². The first-order chi connectivity index (χ1) is 12.1. The molecule has 2 N–H and O–H groups in total. The van der Waals surface area contributed by atoms with Gasteiger partial charge in [0.25, 0.3) is 11.8 Å². The molecule has 3 rings (SSSR count). The van der Waals surface area contributed by atoms with Crippen LogP contribution in [-0.4, -0.2) is 30.2 Å². The highest BCUT2D eigenvalue weighted by atomic mass is 32.2. The van der Waals surface area contributed by atoms with Gasteiger partial charge in [-0.3, -0.25) is 9.59 Å². The van der Waals surface area contributed by atoms with Crippen molar-refractivity contribution in [1.29, 1.82) is 0 Å². The summed E-state index contributed by atoms with van der Waals surface area (Å²) in [6.45, 7) is 2.41.